The van der Waals surface area contributed by atoms with Crippen LogP contribution in [-0.2, 0) is 14.1 Å². The van der Waals surface area contributed by atoms with Gasteiger partial charge in [0.05, 0.1) is 29.2 Å². The van der Waals surface area contributed by atoms with Gasteiger partial charge in [0.2, 0.25) is 0 Å². The molecule has 0 radical (unpaired) electrons. The summed E-state index contributed by atoms with van der Waals surface area (Å²) in [5.41, 5.74) is 1.75. The van der Waals surface area contributed by atoms with E-state index in [4.69, 9.17) is 11.6 Å². The molecule has 1 N–H and O–H groups in total. The van der Waals surface area contributed by atoms with E-state index in [2.05, 4.69) is 27.7 Å². The van der Waals surface area contributed by atoms with Crippen molar-refractivity contribution < 1.29 is 0 Å². The van der Waals surface area contributed by atoms with Crippen molar-refractivity contribution in [1.29, 1.82) is 0 Å². The van der Waals surface area contributed by atoms with Crippen LogP contribution in [0, 0.1) is 0 Å². The number of rotatable bonds is 5. The standard InChI is InChI=1S/C11H17ClN6/c1-4-5-13-10(9-7-17(2)16-15-9)11-8(12)6-14-18(11)3/h6-7,10,13H,4-5H2,1-3H3. The van der Waals surface area contributed by atoms with Gasteiger partial charge in [0, 0.05) is 14.1 Å². The van der Waals surface area contributed by atoms with E-state index in [1.54, 1.807) is 15.6 Å². The molecule has 18 heavy (non-hydrogen) atoms. The van der Waals surface area contributed by atoms with Gasteiger partial charge in [-0.15, -0.1) is 5.10 Å². The minimum atomic E-state index is -0.0846. The number of aryl methyl sites for hydroxylation is 2. The van der Waals surface area contributed by atoms with Crippen molar-refractivity contribution >= 4 is 11.6 Å². The number of nitrogens with one attached hydrogen (secondary N) is 1. The van der Waals surface area contributed by atoms with E-state index in [0.29, 0.717) is 5.02 Å². The molecule has 1 atom stereocenters. The molecular formula is C11H17ClN6. The normalized spacial score (nSPS) is 12.9. The maximum absolute atomic E-state index is 6.20. The number of aromatic nitrogens is 5. The van der Waals surface area contributed by atoms with Crippen LogP contribution in [0.4, 0.5) is 0 Å². The topological polar surface area (TPSA) is 60.6 Å². The van der Waals surface area contributed by atoms with Crippen LogP contribution in [0.1, 0.15) is 30.8 Å². The van der Waals surface area contributed by atoms with E-state index in [1.807, 2.05) is 20.3 Å². The van der Waals surface area contributed by atoms with Crippen molar-refractivity contribution in [2.75, 3.05) is 6.54 Å². The van der Waals surface area contributed by atoms with Crippen LogP contribution in [0.15, 0.2) is 12.4 Å². The smallest absolute Gasteiger partial charge is 0.106 e. The van der Waals surface area contributed by atoms with Crippen LogP contribution in [0.5, 0.6) is 0 Å². The van der Waals surface area contributed by atoms with E-state index < -0.39 is 0 Å². The highest BCUT2D eigenvalue weighted by Crippen LogP contribution is 2.26. The molecule has 0 fully saturated rings. The van der Waals surface area contributed by atoms with Crippen molar-refractivity contribution in [2.45, 2.75) is 19.4 Å². The fourth-order valence-electron chi connectivity index (χ4n) is 1.87. The summed E-state index contributed by atoms with van der Waals surface area (Å²) in [4.78, 5) is 0. The molecule has 1 unspecified atom stereocenters. The lowest BCUT2D eigenvalue weighted by atomic mass is 10.1. The highest BCUT2D eigenvalue weighted by molar-refractivity contribution is 6.31. The summed E-state index contributed by atoms with van der Waals surface area (Å²) >= 11 is 6.20. The number of nitrogens with zero attached hydrogens (tertiary/aromatic N) is 5. The molecule has 0 bridgehead atoms. The van der Waals surface area contributed by atoms with Gasteiger partial charge in [0.15, 0.2) is 0 Å². The Labute approximate surface area is 111 Å². The lowest BCUT2D eigenvalue weighted by molar-refractivity contribution is 0.543. The first kappa shape index (κ1) is 13.0. The first-order valence-corrected chi connectivity index (χ1v) is 6.28. The minimum absolute atomic E-state index is 0.0846. The number of hydrogen-bond donors (Lipinski definition) is 1. The zero-order valence-corrected chi connectivity index (χ0v) is 11.5. The van der Waals surface area contributed by atoms with Crippen LogP contribution in [0.25, 0.3) is 0 Å². The lowest BCUT2D eigenvalue weighted by Gasteiger charge is -2.16. The quantitative estimate of drug-likeness (QED) is 0.888. The fourth-order valence-corrected chi connectivity index (χ4v) is 2.15. The van der Waals surface area contributed by atoms with Gasteiger partial charge in [0.25, 0.3) is 0 Å². The molecule has 98 valence electrons. The summed E-state index contributed by atoms with van der Waals surface area (Å²) < 4.78 is 3.45. The maximum atomic E-state index is 6.20. The molecule has 2 aromatic rings. The summed E-state index contributed by atoms with van der Waals surface area (Å²) in [6.07, 6.45) is 4.57. The summed E-state index contributed by atoms with van der Waals surface area (Å²) in [5, 5.41) is 16.4. The molecule has 0 amide bonds. The van der Waals surface area contributed by atoms with Crippen molar-refractivity contribution in [2.24, 2.45) is 14.1 Å². The second kappa shape index (κ2) is 5.49. The van der Waals surface area contributed by atoms with Gasteiger partial charge in [-0.25, -0.2) is 0 Å². The van der Waals surface area contributed by atoms with E-state index >= 15 is 0 Å². The molecule has 0 aromatic carbocycles. The van der Waals surface area contributed by atoms with E-state index in [9.17, 15) is 0 Å². The van der Waals surface area contributed by atoms with E-state index in [1.165, 1.54) is 0 Å². The Kier molecular flexibility index (Phi) is 3.98. The molecule has 2 heterocycles. The Balaban J connectivity index is 2.36. The third-order valence-electron chi connectivity index (χ3n) is 2.73. The van der Waals surface area contributed by atoms with Gasteiger partial charge < -0.3 is 5.32 Å². The molecule has 7 heteroatoms. The third-order valence-corrected chi connectivity index (χ3v) is 3.02. The summed E-state index contributed by atoms with van der Waals surface area (Å²) in [6.45, 7) is 2.99. The summed E-state index contributed by atoms with van der Waals surface area (Å²) in [6, 6.07) is -0.0846. The molecule has 0 saturated heterocycles. The lowest BCUT2D eigenvalue weighted by Crippen LogP contribution is -2.26. The molecule has 0 aliphatic heterocycles. The number of halogens is 1. The first-order chi connectivity index (χ1) is 8.63. The molecule has 0 aliphatic rings. The summed E-state index contributed by atoms with van der Waals surface area (Å²) in [7, 11) is 3.72. The van der Waals surface area contributed by atoms with Crippen LogP contribution in [0.3, 0.4) is 0 Å². The number of hydrogen-bond acceptors (Lipinski definition) is 4. The van der Waals surface area contributed by atoms with Crippen LogP contribution in [0.2, 0.25) is 5.02 Å². The zero-order chi connectivity index (χ0) is 13.1. The van der Waals surface area contributed by atoms with Crippen molar-refractivity contribution in [3.05, 3.63) is 28.8 Å². The van der Waals surface area contributed by atoms with E-state index in [-0.39, 0.29) is 6.04 Å². The minimum Gasteiger partial charge on any atom is -0.304 e. The summed E-state index contributed by atoms with van der Waals surface area (Å²) in [5.74, 6) is 0. The second-order valence-corrected chi connectivity index (χ2v) is 4.61. The fraction of sp³-hybridized carbons (Fsp3) is 0.545. The predicted molar refractivity (Wildman–Crippen MR) is 69.4 cm³/mol. The van der Waals surface area contributed by atoms with Gasteiger partial charge in [-0.05, 0) is 13.0 Å². The second-order valence-electron chi connectivity index (χ2n) is 4.21. The Morgan fingerprint density at radius 3 is 2.72 bits per heavy atom. The first-order valence-electron chi connectivity index (χ1n) is 5.90. The Morgan fingerprint density at radius 2 is 2.22 bits per heavy atom. The van der Waals surface area contributed by atoms with Crippen molar-refractivity contribution in [1.82, 2.24) is 30.1 Å². The SMILES string of the molecule is CCCNC(c1cn(C)nn1)c1c(Cl)cnn1C. The Hall–Kier alpha value is -1.40. The van der Waals surface area contributed by atoms with Gasteiger partial charge in [-0.2, -0.15) is 5.10 Å². The largest absolute Gasteiger partial charge is 0.304 e. The zero-order valence-electron chi connectivity index (χ0n) is 10.8. The Bertz CT molecular complexity index is 498. The van der Waals surface area contributed by atoms with Crippen molar-refractivity contribution in [3.63, 3.8) is 0 Å². The van der Waals surface area contributed by atoms with Gasteiger partial charge in [0.1, 0.15) is 5.69 Å². The molecule has 0 aliphatic carbocycles. The monoisotopic (exact) mass is 268 g/mol. The average molecular weight is 269 g/mol. The van der Waals surface area contributed by atoms with Gasteiger partial charge in [-0.3, -0.25) is 9.36 Å². The maximum Gasteiger partial charge on any atom is 0.106 e. The van der Waals surface area contributed by atoms with Crippen molar-refractivity contribution in [3.8, 4) is 0 Å². The molecule has 2 rings (SSSR count). The predicted octanol–water partition coefficient (Wildman–Crippen LogP) is 1.29. The van der Waals surface area contributed by atoms with Crippen LogP contribution < -0.4 is 5.32 Å². The Morgan fingerprint density at radius 1 is 1.44 bits per heavy atom. The average Bonchev–Trinajstić information content (AvgIpc) is 2.90. The molecule has 0 spiro atoms. The van der Waals surface area contributed by atoms with Gasteiger partial charge >= 0.3 is 0 Å². The molecule has 0 saturated carbocycles. The van der Waals surface area contributed by atoms with Gasteiger partial charge in [-0.1, -0.05) is 23.7 Å². The molecular weight excluding hydrogens is 252 g/mol. The highest BCUT2D eigenvalue weighted by atomic mass is 35.5. The third kappa shape index (κ3) is 2.54. The van der Waals surface area contributed by atoms with E-state index in [0.717, 1.165) is 24.4 Å². The molecule has 6 nitrogen and oxygen atoms in total. The molecule has 2 aromatic heterocycles. The highest BCUT2D eigenvalue weighted by Gasteiger charge is 2.22. The van der Waals surface area contributed by atoms with Crippen LogP contribution >= 0.6 is 11.6 Å². The van der Waals surface area contributed by atoms with Crippen LogP contribution in [-0.4, -0.2) is 31.3 Å².